The Bertz CT molecular complexity index is 502. The Labute approximate surface area is 108 Å². The first-order valence-corrected chi connectivity index (χ1v) is 6.32. The van der Waals surface area contributed by atoms with E-state index in [-0.39, 0.29) is 5.41 Å². The molecule has 0 fully saturated rings. The summed E-state index contributed by atoms with van der Waals surface area (Å²) in [5, 5.41) is 14.7. The van der Waals surface area contributed by atoms with Crippen LogP contribution in [0.2, 0.25) is 0 Å². The number of nitrogens with zero attached hydrogens (tertiary/aromatic N) is 2. The van der Waals surface area contributed by atoms with E-state index in [2.05, 4.69) is 25.9 Å². The molecule has 0 spiro atoms. The van der Waals surface area contributed by atoms with Gasteiger partial charge in [-0.25, -0.2) is 4.68 Å². The van der Waals surface area contributed by atoms with Crippen molar-refractivity contribution in [2.24, 2.45) is 5.41 Å². The fourth-order valence-electron chi connectivity index (χ4n) is 1.84. The third-order valence-corrected chi connectivity index (χ3v) is 3.59. The topological polar surface area (TPSA) is 38.1 Å². The SMILES string of the molecule is CCC(C)(C)C(O)c1cnn(-c2ccccc2)c1. The van der Waals surface area contributed by atoms with Crippen LogP contribution in [-0.4, -0.2) is 14.9 Å². The zero-order valence-corrected chi connectivity index (χ0v) is 11.2. The Morgan fingerprint density at radius 2 is 1.94 bits per heavy atom. The van der Waals surface area contributed by atoms with E-state index in [9.17, 15) is 5.11 Å². The van der Waals surface area contributed by atoms with Crippen LogP contribution in [0.1, 0.15) is 38.9 Å². The lowest BCUT2D eigenvalue weighted by atomic mass is 9.81. The summed E-state index contributed by atoms with van der Waals surface area (Å²) in [6, 6.07) is 9.91. The van der Waals surface area contributed by atoms with Gasteiger partial charge in [0.05, 0.1) is 18.0 Å². The molecule has 2 rings (SSSR count). The number of hydrogen-bond donors (Lipinski definition) is 1. The molecule has 0 saturated heterocycles. The number of rotatable bonds is 4. The first-order chi connectivity index (χ1) is 8.54. The van der Waals surface area contributed by atoms with Crippen LogP contribution in [0.5, 0.6) is 0 Å². The van der Waals surface area contributed by atoms with E-state index in [1.54, 1.807) is 10.9 Å². The van der Waals surface area contributed by atoms with Gasteiger partial charge in [-0.15, -0.1) is 0 Å². The minimum atomic E-state index is -0.486. The van der Waals surface area contributed by atoms with Crippen molar-refractivity contribution in [3.05, 3.63) is 48.3 Å². The van der Waals surface area contributed by atoms with Gasteiger partial charge >= 0.3 is 0 Å². The largest absolute Gasteiger partial charge is 0.388 e. The minimum Gasteiger partial charge on any atom is -0.388 e. The molecule has 0 aliphatic heterocycles. The van der Waals surface area contributed by atoms with Crippen molar-refractivity contribution in [2.75, 3.05) is 0 Å². The van der Waals surface area contributed by atoms with Gasteiger partial charge in [-0.1, -0.05) is 39.0 Å². The third-order valence-electron chi connectivity index (χ3n) is 3.59. The summed E-state index contributed by atoms with van der Waals surface area (Å²) in [6.45, 7) is 6.22. The van der Waals surface area contributed by atoms with Gasteiger partial charge in [0.1, 0.15) is 0 Å². The van der Waals surface area contributed by atoms with Crippen molar-refractivity contribution in [1.29, 1.82) is 0 Å². The highest BCUT2D eigenvalue weighted by Crippen LogP contribution is 2.35. The second kappa shape index (κ2) is 4.94. The molecule has 1 unspecified atom stereocenters. The molecule has 0 aliphatic carbocycles. The molecule has 0 bridgehead atoms. The number of benzene rings is 1. The van der Waals surface area contributed by atoms with E-state index in [0.717, 1.165) is 17.7 Å². The molecular weight excluding hydrogens is 224 g/mol. The van der Waals surface area contributed by atoms with Gasteiger partial charge in [-0.05, 0) is 24.0 Å². The molecule has 0 aliphatic rings. The van der Waals surface area contributed by atoms with Gasteiger partial charge in [0.2, 0.25) is 0 Å². The summed E-state index contributed by atoms with van der Waals surface area (Å²) in [6.07, 6.45) is 4.08. The maximum Gasteiger partial charge on any atom is 0.0871 e. The van der Waals surface area contributed by atoms with E-state index in [1.165, 1.54) is 0 Å². The van der Waals surface area contributed by atoms with Crippen molar-refractivity contribution >= 4 is 0 Å². The van der Waals surface area contributed by atoms with Crippen molar-refractivity contribution in [3.63, 3.8) is 0 Å². The number of para-hydroxylation sites is 1. The zero-order valence-electron chi connectivity index (χ0n) is 11.2. The summed E-state index contributed by atoms with van der Waals surface area (Å²) in [7, 11) is 0. The maximum atomic E-state index is 10.4. The Morgan fingerprint density at radius 3 is 2.56 bits per heavy atom. The fourth-order valence-corrected chi connectivity index (χ4v) is 1.84. The van der Waals surface area contributed by atoms with Crippen LogP contribution in [0, 0.1) is 5.41 Å². The molecule has 0 saturated carbocycles. The van der Waals surface area contributed by atoms with Crippen LogP contribution in [0.3, 0.4) is 0 Å². The van der Waals surface area contributed by atoms with E-state index in [1.807, 2.05) is 36.5 Å². The van der Waals surface area contributed by atoms with Crippen LogP contribution in [-0.2, 0) is 0 Å². The number of aliphatic hydroxyl groups is 1. The summed E-state index contributed by atoms with van der Waals surface area (Å²) in [4.78, 5) is 0. The average Bonchev–Trinajstić information content (AvgIpc) is 2.88. The second-order valence-electron chi connectivity index (χ2n) is 5.30. The summed E-state index contributed by atoms with van der Waals surface area (Å²) < 4.78 is 1.80. The summed E-state index contributed by atoms with van der Waals surface area (Å²) >= 11 is 0. The van der Waals surface area contributed by atoms with Crippen molar-refractivity contribution in [2.45, 2.75) is 33.3 Å². The molecule has 0 amide bonds. The van der Waals surface area contributed by atoms with Crippen molar-refractivity contribution in [1.82, 2.24) is 9.78 Å². The lowest BCUT2D eigenvalue weighted by Gasteiger charge is -2.28. The normalized spacial score (nSPS) is 13.6. The van der Waals surface area contributed by atoms with Gasteiger partial charge in [0.25, 0.3) is 0 Å². The van der Waals surface area contributed by atoms with Crippen molar-refractivity contribution < 1.29 is 5.11 Å². The smallest absolute Gasteiger partial charge is 0.0871 e. The molecular formula is C15H20N2O. The summed E-state index contributed by atoms with van der Waals surface area (Å²) in [5.74, 6) is 0. The van der Waals surface area contributed by atoms with Gasteiger partial charge in [0.15, 0.2) is 0 Å². The molecule has 1 atom stereocenters. The van der Waals surface area contributed by atoms with Crippen molar-refractivity contribution in [3.8, 4) is 5.69 Å². The lowest BCUT2D eigenvalue weighted by Crippen LogP contribution is -2.20. The fraction of sp³-hybridized carbons (Fsp3) is 0.400. The van der Waals surface area contributed by atoms with E-state index >= 15 is 0 Å². The van der Waals surface area contributed by atoms with Crippen LogP contribution < -0.4 is 0 Å². The average molecular weight is 244 g/mol. The quantitative estimate of drug-likeness (QED) is 0.895. The van der Waals surface area contributed by atoms with Gasteiger partial charge < -0.3 is 5.11 Å². The molecule has 96 valence electrons. The lowest BCUT2D eigenvalue weighted by molar-refractivity contribution is 0.0465. The highest BCUT2D eigenvalue weighted by atomic mass is 16.3. The molecule has 1 heterocycles. The van der Waals surface area contributed by atoms with Crippen LogP contribution in [0.15, 0.2) is 42.7 Å². The number of hydrogen-bond acceptors (Lipinski definition) is 2. The molecule has 18 heavy (non-hydrogen) atoms. The molecule has 1 N–H and O–H groups in total. The van der Waals surface area contributed by atoms with Gasteiger partial charge in [-0.3, -0.25) is 0 Å². The first kappa shape index (κ1) is 12.8. The minimum absolute atomic E-state index is 0.134. The molecule has 1 aromatic carbocycles. The van der Waals surface area contributed by atoms with Crippen LogP contribution in [0.4, 0.5) is 0 Å². The van der Waals surface area contributed by atoms with Gasteiger partial charge in [0, 0.05) is 11.8 Å². The third kappa shape index (κ3) is 2.46. The van der Waals surface area contributed by atoms with E-state index in [4.69, 9.17) is 0 Å². The second-order valence-corrected chi connectivity index (χ2v) is 5.30. The predicted octanol–water partition coefficient (Wildman–Crippen LogP) is 3.34. The Kier molecular flexibility index (Phi) is 3.53. The number of aliphatic hydroxyl groups excluding tert-OH is 1. The highest BCUT2D eigenvalue weighted by molar-refractivity contribution is 5.31. The monoisotopic (exact) mass is 244 g/mol. The Morgan fingerprint density at radius 1 is 1.28 bits per heavy atom. The Balaban J connectivity index is 2.26. The molecule has 1 aromatic heterocycles. The standard InChI is InChI=1S/C15H20N2O/c1-4-15(2,3)14(18)12-10-16-17(11-12)13-8-6-5-7-9-13/h5-11,14,18H,4H2,1-3H3. The molecule has 2 aromatic rings. The molecule has 3 nitrogen and oxygen atoms in total. The highest BCUT2D eigenvalue weighted by Gasteiger charge is 2.28. The number of aromatic nitrogens is 2. The van der Waals surface area contributed by atoms with E-state index in [0.29, 0.717) is 0 Å². The predicted molar refractivity (Wildman–Crippen MR) is 72.6 cm³/mol. The van der Waals surface area contributed by atoms with Crippen LogP contribution in [0.25, 0.3) is 5.69 Å². The summed E-state index contributed by atoms with van der Waals surface area (Å²) in [5.41, 5.74) is 1.74. The molecule has 3 heteroatoms. The Hall–Kier alpha value is -1.61. The maximum absolute atomic E-state index is 10.4. The van der Waals surface area contributed by atoms with Crippen LogP contribution >= 0.6 is 0 Å². The molecule has 0 radical (unpaired) electrons. The zero-order chi connectivity index (χ0) is 13.2. The van der Waals surface area contributed by atoms with Gasteiger partial charge in [-0.2, -0.15) is 5.10 Å². The first-order valence-electron chi connectivity index (χ1n) is 6.32. The van der Waals surface area contributed by atoms with E-state index < -0.39 is 6.10 Å².